The van der Waals surface area contributed by atoms with E-state index in [1.165, 1.54) is 30.8 Å². The van der Waals surface area contributed by atoms with Gasteiger partial charge in [0, 0.05) is 17.5 Å². The second-order valence-electron chi connectivity index (χ2n) is 6.92. The van der Waals surface area contributed by atoms with Crippen LogP contribution in [0.4, 0.5) is 0 Å². The van der Waals surface area contributed by atoms with E-state index in [0.29, 0.717) is 17.1 Å². The summed E-state index contributed by atoms with van der Waals surface area (Å²) in [5, 5.41) is 14.4. The molecule has 7 nitrogen and oxygen atoms in total. The summed E-state index contributed by atoms with van der Waals surface area (Å²) in [5.41, 5.74) is 1.43. The molecule has 0 bridgehead atoms. The average Bonchev–Trinajstić information content (AvgIpc) is 2.76. The van der Waals surface area contributed by atoms with Crippen molar-refractivity contribution in [2.75, 3.05) is 12.0 Å². The number of carbonyl (C=O) groups is 2. The first-order valence-corrected chi connectivity index (χ1v) is 11.1. The number of benzene rings is 2. The molecule has 2 atom stereocenters. The Morgan fingerprint density at radius 2 is 1.90 bits per heavy atom. The van der Waals surface area contributed by atoms with Gasteiger partial charge in [0.15, 0.2) is 6.10 Å². The third-order valence-electron chi connectivity index (χ3n) is 4.69. The summed E-state index contributed by atoms with van der Waals surface area (Å²) in [5.74, 6) is -1.02. The maximum Gasteiger partial charge on any atom is 0.336 e. The fraction of sp³-hybridized carbons (Fsp3) is 0.261. The van der Waals surface area contributed by atoms with Crippen molar-refractivity contribution in [3.63, 3.8) is 0 Å². The van der Waals surface area contributed by atoms with E-state index < -0.39 is 29.6 Å². The Bertz CT molecular complexity index is 1130. The number of rotatable bonds is 9. The van der Waals surface area contributed by atoms with Gasteiger partial charge in [0.1, 0.15) is 11.3 Å². The SMILES string of the molecule is CSCC[C@@H](NC(=O)[C@H](C)Oc1ccc2c(-c3ccccc3)cc(=O)oc2c1)C(=O)[O-]. The molecule has 0 radical (unpaired) electrons. The zero-order valence-corrected chi connectivity index (χ0v) is 17.9. The molecule has 0 saturated heterocycles. The Kier molecular flexibility index (Phi) is 7.36. The molecule has 0 aliphatic heterocycles. The van der Waals surface area contributed by atoms with Gasteiger partial charge in [-0.25, -0.2) is 4.79 Å². The predicted octanol–water partition coefficient (Wildman–Crippen LogP) is 2.22. The first-order valence-electron chi connectivity index (χ1n) is 9.69. The number of aliphatic carboxylic acids is 1. The number of carboxylic acid groups (broad SMARTS) is 1. The molecule has 0 fully saturated rings. The van der Waals surface area contributed by atoms with Crippen LogP contribution in [0.1, 0.15) is 13.3 Å². The van der Waals surface area contributed by atoms with Crippen molar-refractivity contribution in [2.45, 2.75) is 25.5 Å². The molecule has 1 amide bonds. The molecule has 1 heterocycles. The van der Waals surface area contributed by atoms with Crippen LogP contribution in [0.3, 0.4) is 0 Å². The van der Waals surface area contributed by atoms with Crippen molar-refractivity contribution in [1.82, 2.24) is 5.32 Å². The van der Waals surface area contributed by atoms with Gasteiger partial charge in [-0.15, -0.1) is 0 Å². The van der Waals surface area contributed by atoms with Crippen LogP contribution in [-0.2, 0) is 9.59 Å². The van der Waals surface area contributed by atoms with Crippen LogP contribution in [0.25, 0.3) is 22.1 Å². The molecule has 31 heavy (non-hydrogen) atoms. The monoisotopic (exact) mass is 440 g/mol. The van der Waals surface area contributed by atoms with Gasteiger partial charge in [0.2, 0.25) is 0 Å². The van der Waals surface area contributed by atoms with E-state index in [4.69, 9.17) is 9.15 Å². The second-order valence-corrected chi connectivity index (χ2v) is 7.91. The van der Waals surface area contributed by atoms with Gasteiger partial charge in [-0.2, -0.15) is 11.8 Å². The van der Waals surface area contributed by atoms with E-state index in [-0.39, 0.29) is 6.42 Å². The number of thioether (sulfide) groups is 1. The number of carboxylic acids is 1. The lowest BCUT2D eigenvalue weighted by Gasteiger charge is -2.22. The lowest BCUT2D eigenvalue weighted by Crippen LogP contribution is -2.51. The summed E-state index contributed by atoms with van der Waals surface area (Å²) in [6.45, 7) is 1.51. The molecule has 0 spiro atoms. The van der Waals surface area contributed by atoms with Gasteiger partial charge in [0.05, 0.1) is 12.0 Å². The van der Waals surface area contributed by atoms with E-state index >= 15 is 0 Å². The summed E-state index contributed by atoms with van der Waals surface area (Å²) in [4.78, 5) is 35.7. The van der Waals surface area contributed by atoms with Crippen LogP contribution < -0.4 is 20.8 Å². The minimum atomic E-state index is -1.34. The Labute approximate surface area is 183 Å². The molecule has 0 unspecified atom stereocenters. The van der Waals surface area contributed by atoms with Crippen LogP contribution in [0, 0.1) is 0 Å². The highest BCUT2D eigenvalue weighted by molar-refractivity contribution is 7.98. The highest BCUT2D eigenvalue weighted by Gasteiger charge is 2.20. The molecule has 8 heteroatoms. The maximum atomic E-state index is 12.4. The Hall–Kier alpha value is -3.26. The van der Waals surface area contributed by atoms with Gasteiger partial charge >= 0.3 is 5.63 Å². The van der Waals surface area contributed by atoms with Crippen molar-refractivity contribution in [3.05, 3.63) is 65.0 Å². The second kappa shape index (κ2) is 10.2. The highest BCUT2D eigenvalue weighted by atomic mass is 32.2. The van der Waals surface area contributed by atoms with Crippen molar-refractivity contribution in [3.8, 4) is 16.9 Å². The average molecular weight is 440 g/mol. The molecular formula is C23H22NO6S-. The lowest BCUT2D eigenvalue weighted by molar-refractivity contribution is -0.308. The van der Waals surface area contributed by atoms with E-state index in [9.17, 15) is 19.5 Å². The van der Waals surface area contributed by atoms with Crippen LogP contribution in [-0.4, -0.2) is 36.0 Å². The standard InChI is InChI=1S/C23H23NO6S/c1-14(22(26)24-19(23(27)28)10-11-31-2)29-16-8-9-17-18(15-6-4-3-5-7-15)13-21(25)30-20(17)12-16/h3-9,12-14,19H,10-11H2,1-2H3,(H,24,26)(H,27,28)/p-1/t14-,19+/m0/s1. The van der Waals surface area contributed by atoms with E-state index in [1.807, 2.05) is 36.6 Å². The van der Waals surface area contributed by atoms with Gasteiger partial charge in [-0.05, 0) is 48.6 Å². The van der Waals surface area contributed by atoms with Crippen LogP contribution >= 0.6 is 11.8 Å². The van der Waals surface area contributed by atoms with E-state index in [1.54, 1.807) is 12.1 Å². The molecule has 1 N–H and O–H groups in total. The van der Waals surface area contributed by atoms with Crippen molar-refractivity contribution < 1.29 is 23.8 Å². The van der Waals surface area contributed by atoms with Crippen molar-refractivity contribution in [1.29, 1.82) is 0 Å². The zero-order chi connectivity index (χ0) is 22.4. The third kappa shape index (κ3) is 5.67. The number of hydrogen-bond acceptors (Lipinski definition) is 7. The van der Waals surface area contributed by atoms with Crippen molar-refractivity contribution in [2.24, 2.45) is 0 Å². The minimum Gasteiger partial charge on any atom is -0.548 e. The first kappa shape index (κ1) is 22.4. The zero-order valence-electron chi connectivity index (χ0n) is 17.1. The number of ether oxygens (including phenoxy) is 1. The summed E-state index contributed by atoms with van der Waals surface area (Å²) >= 11 is 1.48. The number of nitrogens with one attached hydrogen (secondary N) is 1. The largest absolute Gasteiger partial charge is 0.548 e. The number of amides is 1. The van der Waals surface area contributed by atoms with Gasteiger partial charge in [0.25, 0.3) is 5.91 Å². The summed E-state index contributed by atoms with van der Waals surface area (Å²) in [7, 11) is 0. The lowest BCUT2D eigenvalue weighted by atomic mass is 10.0. The molecule has 3 aromatic rings. The molecule has 2 aromatic carbocycles. The summed E-state index contributed by atoms with van der Waals surface area (Å²) in [6.07, 6.45) is 1.14. The van der Waals surface area contributed by atoms with Gasteiger partial charge in [-0.1, -0.05) is 30.3 Å². The molecule has 162 valence electrons. The normalized spacial score (nSPS) is 12.8. The van der Waals surface area contributed by atoms with Gasteiger partial charge in [-0.3, -0.25) is 4.79 Å². The Morgan fingerprint density at radius 1 is 1.16 bits per heavy atom. The number of hydrogen-bond donors (Lipinski definition) is 1. The molecular weight excluding hydrogens is 418 g/mol. The number of carbonyl (C=O) groups excluding carboxylic acids is 2. The Morgan fingerprint density at radius 3 is 2.58 bits per heavy atom. The fourth-order valence-corrected chi connectivity index (χ4v) is 3.58. The van der Waals surface area contributed by atoms with Crippen LogP contribution in [0.15, 0.2) is 63.8 Å². The van der Waals surface area contributed by atoms with Crippen LogP contribution in [0.2, 0.25) is 0 Å². The predicted molar refractivity (Wildman–Crippen MR) is 118 cm³/mol. The number of fused-ring (bicyclic) bond motifs is 1. The minimum absolute atomic E-state index is 0.255. The fourth-order valence-electron chi connectivity index (χ4n) is 3.10. The molecule has 0 aliphatic carbocycles. The smallest absolute Gasteiger partial charge is 0.336 e. The summed E-state index contributed by atoms with van der Waals surface area (Å²) < 4.78 is 11.0. The molecule has 1 aromatic heterocycles. The first-order chi connectivity index (χ1) is 14.9. The van der Waals surface area contributed by atoms with Crippen molar-refractivity contribution >= 4 is 34.6 Å². The quantitative estimate of drug-likeness (QED) is 0.508. The summed E-state index contributed by atoms with van der Waals surface area (Å²) in [6, 6.07) is 14.8. The molecule has 3 rings (SSSR count). The molecule has 0 aliphatic rings. The molecule has 0 saturated carbocycles. The van der Waals surface area contributed by atoms with Gasteiger partial charge < -0.3 is 24.4 Å². The third-order valence-corrected chi connectivity index (χ3v) is 5.34. The van der Waals surface area contributed by atoms with E-state index in [2.05, 4.69) is 5.32 Å². The maximum absolute atomic E-state index is 12.4. The Balaban J connectivity index is 1.80. The van der Waals surface area contributed by atoms with E-state index in [0.717, 1.165) is 16.5 Å². The highest BCUT2D eigenvalue weighted by Crippen LogP contribution is 2.29. The van der Waals surface area contributed by atoms with Crippen LogP contribution in [0.5, 0.6) is 5.75 Å². The topological polar surface area (TPSA) is 109 Å².